The Morgan fingerprint density at radius 3 is 2.86 bits per heavy atom. The van der Waals surface area contributed by atoms with Gasteiger partial charge in [0.25, 0.3) is 5.91 Å². The topological polar surface area (TPSA) is 68.0 Å². The second-order valence-electron chi connectivity index (χ2n) is 5.56. The Morgan fingerprint density at radius 1 is 1.48 bits per heavy atom. The number of aromatic nitrogens is 1. The van der Waals surface area contributed by atoms with Gasteiger partial charge < -0.3 is 11.1 Å². The van der Waals surface area contributed by atoms with E-state index >= 15 is 0 Å². The molecule has 1 saturated carbocycles. The molecule has 0 spiro atoms. The third kappa shape index (κ3) is 2.88. The van der Waals surface area contributed by atoms with Crippen molar-refractivity contribution >= 4 is 28.6 Å². The monoisotopic (exact) mass is 321 g/mol. The summed E-state index contributed by atoms with van der Waals surface area (Å²) in [5.74, 6) is -0.0276. The van der Waals surface area contributed by atoms with Crippen LogP contribution in [0.4, 0.5) is 0 Å². The Hall–Kier alpha value is -1.24. The molecule has 0 saturated heterocycles. The molecule has 0 radical (unpaired) electrons. The average Bonchev–Trinajstić information content (AvgIpc) is 3.18. The van der Waals surface area contributed by atoms with Crippen LogP contribution in [0.5, 0.6) is 0 Å². The van der Waals surface area contributed by atoms with E-state index in [2.05, 4.69) is 10.3 Å². The second kappa shape index (κ2) is 5.87. The van der Waals surface area contributed by atoms with Crippen molar-refractivity contribution in [1.29, 1.82) is 0 Å². The number of carbonyl (C=O) groups excluding carboxylic acids is 1. The van der Waals surface area contributed by atoms with Crippen molar-refractivity contribution in [3.05, 3.63) is 28.1 Å². The molecular formula is C15H19N3OS2. The van der Waals surface area contributed by atoms with Crippen molar-refractivity contribution < 1.29 is 4.79 Å². The van der Waals surface area contributed by atoms with Crippen LogP contribution in [0.15, 0.2) is 17.5 Å². The number of nitrogens with zero attached hydrogens (tertiary/aromatic N) is 1. The predicted molar refractivity (Wildman–Crippen MR) is 87.9 cm³/mol. The zero-order valence-electron chi connectivity index (χ0n) is 12.0. The molecule has 4 nitrogen and oxygen atoms in total. The summed E-state index contributed by atoms with van der Waals surface area (Å²) in [6.07, 6.45) is 4.23. The molecule has 0 aliphatic heterocycles. The summed E-state index contributed by atoms with van der Waals surface area (Å²) < 4.78 is 0. The summed E-state index contributed by atoms with van der Waals surface area (Å²) in [7, 11) is 0. The van der Waals surface area contributed by atoms with Gasteiger partial charge in [-0.1, -0.05) is 18.9 Å². The molecular weight excluding hydrogens is 302 g/mol. The number of rotatable bonds is 4. The van der Waals surface area contributed by atoms with Crippen LogP contribution in [0.1, 0.15) is 41.0 Å². The minimum absolute atomic E-state index is 0.0276. The van der Waals surface area contributed by atoms with E-state index in [0.29, 0.717) is 11.4 Å². The van der Waals surface area contributed by atoms with Gasteiger partial charge in [-0.2, -0.15) is 0 Å². The lowest BCUT2D eigenvalue weighted by atomic mass is 9.98. The molecule has 0 bridgehead atoms. The van der Waals surface area contributed by atoms with Crippen molar-refractivity contribution in [2.45, 2.75) is 38.1 Å². The maximum absolute atomic E-state index is 12.6. The normalized spacial score (nSPS) is 17.0. The molecule has 112 valence electrons. The highest BCUT2D eigenvalue weighted by Crippen LogP contribution is 2.33. The maximum Gasteiger partial charge on any atom is 0.263 e. The Balaban J connectivity index is 1.82. The smallest absolute Gasteiger partial charge is 0.263 e. The van der Waals surface area contributed by atoms with Gasteiger partial charge in [-0.3, -0.25) is 4.79 Å². The maximum atomic E-state index is 12.6. The lowest BCUT2D eigenvalue weighted by molar-refractivity contribution is 0.0906. The van der Waals surface area contributed by atoms with Gasteiger partial charge in [0.1, 0.15) is 9.88 Å². The SMILES string of the molecule is Cc1nc(-c2cccs2)sc1C(=O)NC1(CN)CCCC1. The first-order chi connectivity index (χ1) is 10.1. The fourth-order valence-corrected chi connectivity index (χ4v) is 4.60. The molecule has 6 heteroatoms. The second-order valence-corrected chi connectivity index (χ2v) is 7.50. The predicted octanol–water partition coefficient (Wildman–Crippen LogP) is 3.18. The molecule has 3 N–H and O–H groups in total. The Labute approximate surface area is 132 Å². The van der Waals surface area contributed by atoms with E-state index in [1.54, 1.807) is 11.3 Å². The molecule has 21 heavy (non-hydrogen) atoms. The molecule has 2 heterocycles. The van der Waals surface area contributed by atoms with E-state index in [1.165, 1.54) is 11.3 Å². The van der Waals surface area contributed by atoms with E-state index in [1.807, 2.05) is 24.4 Å². The van der Waals surface area contributed by atoms with E-state index in [-0.39, 0.29) is 11.4 Å². The summed E-state index contributed by atoms with van der Waals surface area (Å²) in [6.45, 7) is 2.40. The van der Waals surface area contributed by atoms with E-state index in [9.17, 15) is 4.79 Å². The quantitative estimate of drug-likeness (QED) is 0.909. The molecule has 2 aromatic rings. The highest BCUT2D eigenvalue weighted by Gasteiger charge is 2.34. The van der Waals surface area contributed by atoms with Gasteiger partial charge in [0.15, 0.2) is 0 Å². The largest absolute Gasteiger partial charge is 0.345 e. The van der Waals surface area contributed by atoms with Gasteiger partial charge in [-0.05, 0) is 31.2 Å². The molecule has 0 atom stereocenters. The van der Waals surface area contributed by atoms with Gasteiger partial charge in [0, 0.05) is 6.54 Å². The number of hydrogen-bond donors (Lipinski definition) is 2. The first-order valence-electron chi connectivity index (χ1n) is 7.17. The molecule has 3 rings (SSSR count). The number of nitrogens with one attached hydrogen (secondary N) is 1. The number of thiophene rings is 1. The first kappa shape index (κ1) is 14.7. The summed E-state index contributed by atoms with van der Waals surface area (Å²) >= 11 is 3.11. The number of amides is 1. The van der Waals surface area contributed by atoms with E-state index in [4.69, 9.17) is 5.73 Å². The van der Waals surface area contributed by atoms with Crippen LogP contribution in [0.25, 0.3) is 9.88 Å². The van der Waals surface area contributed by atoms with Crippen LogP contribution in [0, 0.1) is 6.92 Å². The highest BCUT2D eigenvalue weighted by molar-refractivity contribution is 7.22. The van der Waals surface area contributed by atoms with Gasteiger partial charge >= 0.3 is 0 Å². The van der Waals surface area contributed by atoms with Crippen molar-refractivity contribution in [2.24, 2.45) is 5.73 Å². The Kier molecular flexibility index (Phi) is 4.10. The summed E-state index contributed by atoms with van der Waals surface area (Å²) in [5, 5.41) is 6.11. The van der Waals surface area contributed by atoms with E-state index < -0.39 is 0 Å². The van der Waals surface area contributed by atoms with Crippen molar-refractivity contribution in [1.82, 2.24) is 10.3 Å². The zero-order valence-corrected chi connectivity index (χ0v) is 13.6. The number of aryl methyl sites for hydroxylation is 1. The summed E-state index contributed by atoms with van der Waals surface area (Å²) in [6, 6.07) is 4.03. The molecule has 0 aromatic carbocycles. The molecule has 1 aliphatic rings. The minimum atomic E-state index is -0.212. The van der Waals surface area contributed by atoms with Crippen LogP contribution in [0.3, 0.4) is 0 Å². The minimum Gasteiger partial charge on any atom is -0.345 e. The van der Waals surface area contributed by atoms with Gasteiger partial charge in [-0.15, -0.1) is 22.7 Å². The number of carbonyl (C=O) groups is 1. The van der Waals surface area contributed by atoms with Crippen molar-refractivity contribution in [3.8, 4) is 9.88 Å². The van der Waals surface area contributed by atoms with Gasteiger partial charge in [0.05, 0.1) is 16.1 Å². The molecule has 1 amide bonds. The van der Waals surface area contributed by atoms with Crippen LogP contribution >= 0.6 is 22.7 Å². The van der Waals surface area contributed by atoms with Crippen LogP contribution < -0.4 is 11.1 Å². The lowest BCUT2D eigenvalue weighted by Crippen LogP contribution is -2.51. The Morgan fingerprint density at radius 2 is 2.24 bits per heavy atom. The van der Waals surface area contributed by atoms with Crippen molar-refractivity contribution in [2.75, 3.05) is 6.54 Å². The van der Waals surface area contributed by atoms with Crippen LogP contribution in [-0.2, 0) is 0 Å². The lowest BCUT2D eigenvalue weighted by Gasteiger charge is -2.28. The Bertz CT molecular complexity index is 627. The molecule has 1 fully saturated rings. The molecule has 1 aliphatic carbocycles. The number of nitrogens with two attached hydrogens (primary N) is 1. The van der Waals surface area contributed by atoms with Gasteiger partial charge in [0.2, 0.25) is 0 Å². The summed E-state index contributed by atoms with van der Waals surface area (Å²) in [4.78, 5) is 18.9. The van der Waals surface area contributed by atoms with Crippen molar-refractivity contribution in [3.63, 3.8) is 0 Å². The average molecular weight is 321 g/mol. The summed E-state index contributed by atoms with van der Waals surface area (Å²) in [5.41, 5.74) is 6.48. The molecule has 0 unspecified atom stereocenters. The zero-order chi connectivity index (χ0) is 14.9. The third-order valence-corrected chi connectivity index (χ3v) is 6.26. The third-order valence-electron chi connectivity index (χ3n) is 4.06. The number of hydrogen-bond acceptors (Lipinski definition) is 5. The first-order valence-corrected chi connectivity index (χ1v) is 8.87. The van der Waals surface area contributed by atoms with Crippen LogP contribution in [0.2, 0.25) is 0 Å². The van der Waals surface area contributed by atoms with Crippen LogP contribution in [-0.4, -0.2) is 23.0 Å². The molecule has 2 aromatic heterocycles. The fraction of sp³-hybridized carbons (Fsp3) is 0.467. The standard InChI is InChI=1S/C15H19N3OS2/c1-10-12(21-14(17-10)11-5-4-8-20-11)13(19)18-15(9-16)6-2-3-7-15/h4-5,8H,2-3,6-7,9,16H2,1H3,(H,18,19). The highest BCUT2D eigenvalue weighted by atomic mass is 32.1. The fourth-order valence-electron chi connectivity index (χ4n) is 2.84. The number of thiazole rings is 1. The van der Waals surface area contributed by atoms with E-state index in [0.717, 1.165) is 41.3 Å². The van der Waals surface area contributed by atoms with Gasteiger partial charge in [-0.25, -0.2) is 4.98 Å².